The smallest absolute Gasteiger partial charge is 0.0628 e. The lowest BCUT2D eigenvalue weighted by molar-refractivity contribution is 0.478. The number of hydrogen-bond donors (Lipinski definition) is 1. The van der Waals surface area contributed by atoms with Crippen molar-refractivity contribution in [1.29, 1.82) is 0 Å². The molecule has 1 unspecified atom stereocenters. The largest absolute Gasteiger partial charge is 0.330 e. The SMILES string of the molecule is Cc1nn(CCC(C)C)c(C)c1CC(C)CN. The second-order valence-corrected chi connectivity index (χ2v) is 5.60. The fourth-order valence-corrected chi connectivity index (χ4v) is 2.06. The van der Waals surface area contributed by atoms with E-state index in [1.807, 2.05) is 0 Å². The van der Waals surface area contributed by atoms with Gasteiger partial charge in [-0.1, -0.05) is 20.8 Å². The van der Waals surface area contributed by atoms with Crippen molar-refractivity contribution in [2.45, 2.75) is 54.0 Å². The Balaban J connectivity index is 2.78. The van der Waals surface area contributed by atoms with Crippen molar-refractivity contribution in [3.63, 3.8) is 0 Å². The van der Waals surface area contributed by atoms with Crippen molar-refractivity contribution in [2.24, 2.45) is 17.6 Å². The molecule has 2 N–H and O–H groups in total. The number of nitrogens with two attached hydrogens (primary N) is 1. The highest BCUT2D eigenvalue weighted by molar-refractivity contribution is 5.25. The second kappa shape index (κ2) is 6.20. The number of nitrogens with zero attached hydrogens (tertiary/aromatic N) is 2. The molecule has 1 aromatic rings. The lowest BCUT2D eigenvalue weighted by Crippen LogP contribution is -2.14. The van der Waals surface area contributed by atoms with Crippen molar-refractivity contribution in [1.82, 2.24) is 9.78 Å². The first-order valence-corrected chi connectivity index (χ1v) is 6.68. The van der Waals surface area contributed by atoms with Crippen molar-refractivity contribution in [3.05, 3.63) is 17.0 Å². The van der Waals surface area contributed by atoms with Gasteiger partial charge in [0.2, 0.25) is 0 Å². The lowest BCUT2D eigenvalue weighted by atomic mass is 10.00. The predicted molar refractivity (Wildman–Crippen MR) is 73.1 cm³/mol. The Morgan fingerprint density at radius 1 is 1.24 bits per heavy atom. The molecule has 3 nitrogen and oxygen atoms in total. The Hall–Kier alpha value is -0.830. The quantitative estimate of drug-likeness (QED) is 0.826. The van der Waals surface area contributed by atoms with E-state index in [2.05, 4.69) is 44.4 Å². The molecule has 0 saturated carbocycles. The predicted octanol–water partition coefficient (Wildman–Crippen LogP) is 2.68. The molecule has 0 amide bonds. The molecule has 1 aromatic heterocycles. The summed E-state index contributed by atoms with van der Waals surface area (Å²) in [7, 11) is 0. The lowest BCUT2D eigenvalue weighted by Gasteiger charge is -2.10. The van der Waals surface area contributed by atoms with Gasteiger partial charge in [0.1, 0.15) is 0 Å². The minimum Gasteiger partial charge on any atom is -0.330 e. The third kappa shape index (κ3) is 3.84. The number of rotatable bonds is 6. The molecule has 0 aliphatic rings. The molecular formula is C14H27N3. The van der Waals surface area contributed by atoms with Gasteiger partial charge in [-0.2, -0.15) is 5.10 Å². The van der Waals surface area contributed by atoms with Crippen LogP contribution < -0.4 is 5.73 Å². The molecule has 17 heavy (non-hydrogen) atoms. The number of aromatic nitrogens is 2. The van der Waals surface area contributed by atoms with Crippen LogP contribution in [0.1, 0.15) is 44.1 Å². The monoisotopic (exact) mass is 237 g/mol. The van der Waals surface area contributed by atoms with E-state index in [-0.39, 0.29) is 0 Å². The van der Waals surface area contributed by atoms with Crippen LogP contribution in [0.4, 0.5) is 0 Å². The normalized spacial score (nSPS) is 13.4. The summed E-state index contributed by atoms with van der Waals surface area (Å²) in [6.07, 6.45) is 2.24. The zero-order valence-corrected chi connectivity index (χ0v) is 12.0. The molecule has 0 bridgehead atoms. The van der Waals surface area contributed by atoms with Crippen LogP contribution in [0.3, 0.4) is 0 Å². The first-order valence-electron chi connectivity index (χ1n) is 6.68. The van der Waals surface area contributed by atoms with Gasteiger partial charge >= 0.3 is 0 Å². The van der Waals surface area contributed by atoms with E-state index in [0.29, 0.717) is 5.92 Å². The molecule has 98 valence electrons. The Morgan fingerprint density at radius 2 is 1.88 bits per heavy atom. The van der Waals surface area contributed by atoms with Crippen molar-refractivity contribution in [2.75, 3.05) is 6.54 Å². The first kappa shape index (κ1) is 14.2. The van der Waals surface area contributed by atoms with Gasteiger partial charge in [0.25, 0.3) is 0 Å². The summed E-state index contributed by atoms with van der Waals surface area (Å²) in [5.74, 6) is 1.26. The van der Waals surface area contributed by atoms with Crippen molar-refractivity contribution < 1.29 is 0 Å². The number of hydrogen-bond acceptors (Lipinski definition) is 2. The van der Waals surface area contributed by atoms with E-state index in [0.717, 1.165) is 25.4 Å². The van der Waals surface area contributed by atoms with Crippen LogP contribution in [0.15, 0.2) is 0 Å². The molecule has 0 saturated heterocycles. The molecule has 0 radical (unpaired) electrons. The highest BCUT2D eigenvalue weighted by Crippen LogP contribution is 2.18. The standard InChI is InChI=1S/C14H27N3/c1-10(2)6-7-17-13(5)14(12(4)16-17)8-11(3)9-15/h10-11H,6-9,15H2,1-5H3. The van der Waals surface area contributed by atoms with Gasteiger partial charge in [-0.25, -0.2) is 0 Å². The fourth-order valence-electron chi connectivity index (χ4n) is 2.06. The summed E-state index contributed by atoms with van der Waals surface area (Å²) in [6.45, 7) is 12.8. The molecule has 0 aliphatic carbocycles. The third-order valence-electron chi connectivity index (χ3n) is 3.40. The van der Waals surface area contributed by atoms with Crippen LogP contribution >= 0.6 is 0 Å². The number of aryl methyl sites for hydroxylation is 2. The van der Waals surface area contributed by atoms with E-state index < -0.39 is 0 Å². The van der Waals surface area contributed by atoms with Crippen LogP contribution in [0.2, 0.25) is 0 Å². The highest BCUT2D eigenvalue weighted by atomic mass is 15.3. The molecule has 0 aromatic carbocycles. The van der Waals surface area contributed by atoms with Gasteiger partial charge in [-0.15, -0.1) is 0 Å². The van der Waals surface area contributed by atoms with Gasteiger partial charge in [-0.05, 0) is 50.6 Å². The zero-order valence-electron chi connectivity index (χ0n) is 12.0. The topological polar surface area (TPSA) is 43.8 Å². The van der Waals surface area contributed by atoms with Crippen LogP contribution in [0.5, 0.6) is 0 Å². The molecular weight excluding hydrogens is 210 g/mol. The van der Waals surface area contributed by atoms with Crippen LogP contribution in [0, 0.1) is 25.7 Å². The summed E-state index contributed by atoms with van der Waals surface area (Å²) in [6, 6.07) is 0. The van der Waals surface area contributed by atoms with Gasteiger partial charge in [0.15, 0.2) is 0 Å². The second-order valence-electron chi connectivity index (χ2n) is 5.60. The molecule has 0 aliphatic heterocycles. The molecule has 1 atom stereocenters. The first-order chi connectivity index (χ1) is 7.95. The fraction of sp³-hybridized carbons (Fsp3) is 0.786. The molecule has 0 spiro atoms. The Kier molecular flexibility index (Phi) is 5.19. The maximum absolute atomic E-state index is 5.70. The molecule has 0 fully saturated rings. The van der Waals surface area contributed by atoms with Gasteiger partial charge in [0, 0.05) is 12.2 Å². The van der Waals surface area contributed by atoms with E-state index in [1.165, 1.54) is 23.4 Å². The van der Waals surface area contributed by atoms with Gasteiger partial charge in [0.05, 0.1) is 5.69 Å². The Labute approximate surface area is 105 Å². The zero-order chi connectivity index (χ0) is 13.0. The van der Waals surface area contributed by atoms with Crippen molar-refractivity contribution >= 4 is 0 Å². The average molecular weight is 237 g/mol. The maximum Gasteiger partial charge on any atom is 0.0628 e. The van der Waals surface area contributed by atoms with Crippen LogP contribution in [-0.4, -0.2) is 16.3 Å². The molecule has 1 heterocycles. The summed E-state index contributed by atoms with van der Waals surface area (Å²) in [4.78, 5) is 0. The van der Waals surface area contributed by atoms with Gasteiger partial charge < -0.3 is 5.73 Å². The third-order valence-corrected chi connectivity index (χ3v) is 3.40. The van der Waals surface area contributed by atoms with Gasteiger partial charge in [-0.3, -0.25) is 4.68 Å². The minimum absolute atomic E-state index is 0.537. The molecule has 1 rings (SSSR count). The van der Waals surface area contributed by atoms with E-state index in [1.54, 1.807) is 0 Å². The Bertz CT molecular complexity index is 353. The molecule has 3 heteroatoms. The van der Waals surface area contributed by atoms with Crippen LogP contribution in [-0.2, 0) is 13.0 Å². The van der Waals surface area contributed by atoms with E-state index in [4.69, 9.17) is 5.73 Å². The summed E-state index contributed by atoms with van der Waals surface area (Å²) in [5.41, 5.74) is 9.59. The minimum atomic E-state index is 0.537. The highest BCUT2D eigenvalue weighted by Gasteiger charge is 2.13. The summed E-state index contributed by atoms with van der Waals surface area (Å²) in [5, 5.41) is 4.65. The van der Waals surface area contributed by atoms with Crippen LogP contribution in [0.25, 0.3) is 0 Å². The maximum atomic E-state index is 5.70. The summed E-state index contributed by atoms with van der Waals surface area (Å²) >= 11 is 0. The van der Waals surface area contributed by atoms with Crippen molar-refractivity contribution in [3.8, 4) is 0 Å². The van der Waals surface area contributed by atoms with E-state index >= 15 is 0 Å². The summed E-state index contributed by atoms with van der Waals surface area (Å²) < 4.78 is 2.16. The van der Waals surface area contributed by atoms with E-state index in [9.17, 15) is 0 Å². The Morgan fingerprint density at radius 3 is 2.41 bits per heavy atom. The average Bonchev–Trinajstić information content (AvgIpc) is 2.53.